The third kappa shape index (κ3) is 3.97. The smallest absolute Gasteiger partial charge is 0.227 e. The maximum absolute atomic E-state index is 11.9. The van der Waals surface area contributed by atoms with Crippen LogP contribution in [0.2, 0.25) is 0 Å². The van der Waals surface area contributed by atoms with E-state index in [0.29, 0.717) is 0 Å². The summed E-state index contributed by atoms with van der Waals surface area (Å²) in [7, 11) is 0. The number of carbonyl (C=O) groups excluding carboxylic acids is 1. The number of hydrogen-bond donors (Lipinski definition) is 1. The molecular weight excluding hydrogens is 266 g/mol. The number of amides is 1. The lowest BCUT2D eigenvalue weighted by Gasteiger charge is -2.15. The lowest BCUT2D eigenvalue weighted by molar-refractivity contribution is -0.122. The number of rotatable bonds is 6. The van der Waals surface area contributed by atoms with Crippen LogP contribution >= 0.6 is 15.9 Å². The van der Waals surface area contributed by atoms with E-state index in [1.807, 2.05) is 37.3 Å². The SMILES string of the molecule is CCC(C(=O)NCCCBr)c1ccccc1. The molecule has 16 heavy (non-hydrogen) atoms. The molecule has 1 amide bonds. The topological polar surface area (TPSA) is 29.1 Å². The van der Waals surface area contributed by atoms with Gasteiger partial charge in [0.25, 0.3) is 0 Å². The zero-order valence-electron chi connectivity index (χ0n) is 9.58. The Kier molecular flexibility index (Phi) is 6.16. The molecule has 0 aliphatic rings. The van der Waals surface area contributed by atoms with Crippen molar-refractivity contribution in [1.82, 2.24) is 5.32 Å². The van der Waals surface area contributed by atoms with Gasteiger partial charge in [-0.1, -0.05) is 53.2 Å². The van der Waals surface area contributed by atoms with Crippen molar-refractivity contribution in [3.63, 3.8) is 0 Å². The van der Waals surface area contributed by atoms with E-state index in [4.69, 9.17) is 0 Å². The predicted octanol–water partition coefficient (Wildman–Crippen LogP) is 3.08. The van der Waals surface area contributed by atoms with Gasteiger partial charge in [0.05, 0.1) is 5.92 Å². The fourth-order valence-electron chi connectivity index (χ4n) is 1.66. The minimum absolute atomic E-state index is 0.0171. The molecule has 1 rings (SSSR count). The minimum Gasteiger partial charge on any atom is -0.356 e. The fourth-order valence-corrected chi connectivity index (χ4v) is 1.94. The molecule has 2 nitrogen and oxygen atoms in total. The summed E-state index contributed by atoms with van der Waals surface area (Å²) >= 11 is 3.35. The van der Waals surface area contributed by atoms with E-state index in [0.717, 1.165) is 30.3 Å². The largest absolute Gasteiger partial charge is 0.356 e. The minimum atomic E-state index is -0.0171. The van der Waals surface area contributed by atoms with Crippen LogP contribution in [0.4, 0.5) is 0 Å². The van der Waals surface area contributed by atoms with E-state index < -0.39 is 0 Å². The zero-order chi connectivity index (χ0) is 11.8. The van der Waals surface area contributed by atoms with Crippen LogP contribution in [-0.4, -0.2) is 17.8 Å². The van der Waals surface area contributed by atoms with Crippen LogP contribution in [0.25, 0.3) is 0 Å². The van der Waals surface area contributed by atoms with Gasteiger partial charge in [-0.3, -0.25) is 4.79 Å². The second-order valence-corrected chi connectivity index (χ2v) is 4.50. The molecule has 0 heterocycles. The van der Waals surface area contributed by atoms with Gasteiger partial charge in [0, 0.05) is 11.9 Å². The van der Waals surface area contributed by atoms with Gasteiger partial charge in [-0.05, 0) is 18.4 Å². The maximum Gasteiger partial charge on any atom is 0.227 e. The molecule has 0 aromatic heterocycles. The van der Waals surface area contributed by atoms with Gasteiger partial charge < -0.3 is 5.32 Å². The molecule has 0 fully saturated rings. The Bertz CT molecular complexity index is 313. The Labute approximate surface area is 106 Å². The Balaban J connectivity index is 2.57. The average molecular weight is 284 g/mol. The van der Waals surface area contributed by atoms with Crippen LogP contribution < -0.4 is 5.32 Å². The highest BCUT2D eigenvalue weighted by molar-refractivity contribution is 9.09. The lowest BCUT2D eigenvalue weighted by Crippen LogP contribution is -2.30. The molecule has 0 aliphatic carbocycles. The molecule has 0 radical (unpaired) electrons. The molecule has 3 heteroatoms. The first-order valence-corrected chi connectivity index (χ1v) is 6.80. The summed E-state index contributed by atoms with van der Waals surface area (Å²) in [5.74, 6) is 0.117. The number of alkyl halides is 1. The van der Waals surface area contributed by atoms with Crippen LogP contribution in [0.15, 0.2) is 30.3 Å². The number of hydrogen-bond acceptors (Lipinski definition) is 1. The van der Waals surface area contributed by atoms with Crippen LogP contribution in [0.3, 0.4) is 0 Å². The van der Waals surface area contributed by atoms with Crippen LogP contribution in [0.5, 0.6) is 0 Å². The van der Waals surface area contributed by atoms with Crippen LogP contribution in [0.1, 0.15) is 31.2 Å². The van der Waals surface area contributed by atoms with Crippen molar-refractivity contribution >= 4 is 21.8 Å². The van der Waals surface area contributed by atoms with E-state index in [1.165, 1.54) is 0 Å². The predicted molar refractivity (Wildman–Crippen MR) is 70.9 cm³/mol. The molecule has 1 aromatic carbocycles. The first-order chi connectivity index (χ1) is 7.79. The van der Waals surface area contributed by atoms with Gasteiger partial charge in [0.15, 0.2) is 0 Å². The molecule has 88 valence electrons. The van der Waals surface area contributed by atoms with Crippen molar-refractivity contribution in [2.24, 2.45) is 0 Å². The molecule has 0 saturated heterocycles. The summed E-state index contributed by atoms with van der Waals surface area (Å²) in [6, 6.07) is 9.95. The lowest BCUT2D eigenvalue weighted by atomic mass is 9.96. The highest BCUT2D eigenvalue weighted by Gasteiger charge is 2.17. The highest BCUT2D eigenvalue weighted by Crippen LogP contribution is 2.18. The molecule has 1 aromatic rings. The summed E-state index contributed by atoms with van der Waals surface area (Å²) in [5.41, 5.74) is 1.10. The van der Waals surface area contributed by atoms with Gasteiger partial charge in [-0.2, -0.15) is 0 Å². The van der Waals surface area contributed by atoms with Crippen LogP contribution in [-0.2, 0) is 4.79 Å². The second kappa shape index (κ2) is 7.44. The van der Waals surface area contributed by atoms with E-state index in [2.05, 4.69) is 21.2 Å². The number of nitrogens with one attached hydrogen (secondary N) is 1. The standard InChI is InChI=1S/C13H18BrNO/c1-2-12(11-7-4-3-5-8-11)13(16)15-10-6-9-14/h3-5,7-8,12H,2,6,9-10H2,1H3,(H,15,16). The van der Waals surface area contributed by atoms with Crippen LogP contribution in [0, 0.1) is 0 Å². The van der Waals surface area contributed by atoms with Crippen molar-refractivity contribution in [1.29, 1.82) is 0 Å². The number of halogens is 1. The molecule has 1 N–H and O–H groups in total. The molecule has 1 atom stereocenters. The Morgan fingerprint density at radius 1 is 1.38 bits per heavy atom. The maximum atomic E-state index is 11.9. The molecule has 0 saturated carbocycles. The summed E-state index contributed by atoms with van der Waals surface area (Å²) in [6.45, 7) is 2.79. The van der Waals surface area contributed by atoms with Gasteiger partial charge >= 0.3 is 0 Å². The van der Waals surface area contributed by atoms with Crippen molar-refractivity contribution < 1.29 is 4.79 Å². The first kappa shape index (κ1) is 13.2. The first-order valence-electron chi connectivity index (χ1n) is 5.68. The van der Waals surface area contributed by atoms with E-state index in [-0.39, 0.29) is 11.8 Å². The summed E-state index contributed by atoms with van der Waals surface area (Å²) < 4.78 is 0. The zero-order valence-corrected chi connectivity index (χ0v) is 11.2. The van der Waals surface area contributed by atoms with Crippen molar-refractivity contribution in [3.8, 4) is 0 Å². The van der Waals surface area contributed by atoms with Gasteiger partial charge in [-0.15, -0.1) is 0 Å². The highest BCUT2D eigenvalue weighted by atomic mass is 79.9. The molecule has 0 spiro atoms. The normalized spacial score (nSPS) is 12.1. The fraction of sp³-hybridized carbons (Fsp3) is 0.462. The van der Waals surface area contributed by atoms with E-state index >= 15 is 0 Å². The second-order valence-electron chi connectivity index (χ2n) is 3.71. The molecule has 0 bridgehead atoms. The third-order valence-corrected chi connectivity index (χ3v) is 3.10. The number of carbonyl (C=O) groups is 1. The van der Waals surface area contributed by atoms with Gasteiger partial charge in [0.2, 0.25) is 5.91 Å². The molecule has 1 unspecified atom stereocenters. The van der Waals surface area contributed by atoms with Gasteiger partial charge in [0.1, 0.15) is 0 Å². The summed E-state index contributed by atoms with van der Waals surface area (Å²) in [4.78, 5) is 11.9. The average Bonchev–Trinajstić information content (AvgIpc) is 2.32. The Morgan fingerprint density at radius 2 is 2.06 bits per heavy atom. The monoisotopic (exact) mass is 283 g/mol. The third-order valence-electron chi connectivity index (χ3n) is 2.54. The van der Waals surface area contributed by atoms with Crippen molar-refractivity contribution in [2.45, 2.75) is 25.7 Å². The van der Waals surface area contributed by atoms with E-state index in [1.54, 1.807) is 0 Å². The quantitative estimate of drug-likeness (QED) is 0.631. The van der Waals surface area contributed by atoms with Gasteiger partial charge in [-0.25, -0.2) is 0 Å². The van der Waals surface area contributed by atoms with Crippen molar-refractivity contribution in [2.75, 3.05) is 11.9 Å². The van der Waals surface area contributed by atoms with Crippen molar-refractivity contribution in [3.05, 3.63) is 35.9 Å². The summed E-state index contributed by atoms with van der Waals surface area (Å²) in [5, 5.41) is 3.89. The Morgan fingerprint density at radius 3 is 2.62 bits per heavy atom. The van der Waals surface area contributed by atoms with E-state index in [9.17, 15) is 4.79 Å². The molecular formula is C13H18BrNO. The molecule has 0 aliphatic heterocycles. The number of benzene rings is 1. The summed E-state index contributed by atoms with van der Waals surface area (Å²) in [6.07, 6.45) is 1.81. The Hall–Kier alpha value is -0.830.